The Balaban J connectivity index is 0.727. The van der Waals surface area contributed by atoms with E-state index >= 15 is 0 Å². The van der Waals surface area contributed by atoms with E-state index in [-0.39, 0.29) is 123 Å². The lowest BCUT2D eigenvalue weighted by atomic mass is 9.78. The number of carbonyl (C=O) groups is 2. The number of hydrogen-bond acceptors (Lipinski definition) is 14. The van der Waals surface area contributed by atoms with Crippen LogP contribution >= 0.6 is 0 Å². The van der Waals surface area contributed by atoms with Gasteiger partial charge >= 0.3 is 11.9 Å². The van der Waals surface area contributed by atoms with Gasteiger partial charge in [-0.05, 0) is 94.8 Å². The zero-order valence-corrected chi connectivity index (χ0v) is 41.3. The van der Waals surface area contributed by atoms with Crippen LogP contribution in [0.25, 0.3) is 0 Å². The average Bonchev–Trinajstić information content (AvgIpc) is 3.62. The van der Waals surface area contributed by atoms with Crippen LogP contribution < -0.4 is 0 Å². The van der Waals surface area contributed by atoms with E-state index in [9.17, 15) is 14.7 Å². The van der Waals surface area contributed by atoms with Gasteiger partial charge in [-0.25, -0.2) is 4.79 Å². The Labute approximate surface area is 412 Å². The molecule has 14 nitrogen and oxygen atoms in total. The van der Waals surface area contributed by atoms with Gasteiger partial charge in [0.2, 0.25) is 0 Å². The molecule has 1 N–H and O–H groups in total. The second-order valence-corrected chi connectivity index (χ2v) is 22.8. The summed E-state index contributed by atoms with van der Waals surface area (Å²) in [5.41, 5.74) is -0.0149. The van der Waals surface area contributed by atoms with Crippen LogP contribution in [0.1, 0.15) is 122 Å². The van der Waals surface area contributed by atoms with Gasteiger partial charge in [0.1, 0.15) is 37.1 Å². The molecule has 0 radical (unpaired) electrons. The second-order valence-electron chi connectivity index (χ2n) is 22.8. The van der Waals surface area contributed by atoms with E-state index in [2.05, 4.69) is 70.7 Å². The highest BCUT2D eigenvalue weighted by atomic mass is 16.6. The summed E-state index contributed by atoms with van der Waals surface area (Å²) in [6, 6.07) is 8.89. The zero-order chi connectivity index (χ0) is 48.3. The van der Waals surface area contributed by atoms with Crippen LogP contribution in [0.5, 0.6) is 0 Å². The monoisotopic (exact) mass is 971 g/mol. The van der Waals surface area contributed by atoms with E-state index in [0.717, 1.165) is 31.3 Å². The lowest BCUT2D eigenvalue weighted by Crippen LogP contribution is -2.64. The molecule has 70 heavy (non-hydrogen) atoms. The van der Waals surface area contributed by atoms with E-state index < -0.39 is 29.4 Å². The molecule has 0 spiro atoms. The highest BCUT2D eigenvalue weighted by Gasteiger charge is 2.57. The average molecular weight is 971 g/mol. The van der Waals surface area contributed by atoms with Crippen LogP contribution in [0.3, 0.4) is 0 Å². The van der Waals surface area contributed by atoms with Crippen LogP contribution in [-0.4, -0.2) is 145 Å². The minimum Gasteiger partial charge on any atom is -0.459 e. The van der Waals surface area contributed by atoms with Crippen LogP contribution in [-0.2, 0) is 56.9 Å². The highest BCUT2D eigenvalue weighted by molar-refractivity contribution is 5.89. The zero-order valence-electron chi connectivity index (χ0n) is 41.3. The van der Waals surface area contributed by atoms with E-state index in [1.165, 1.54) is 0 Å². The number of aliphatic hydroxyl groups is 1. The molecule has 0 amide bonds. The Bertz CT molecular complexity index is 2140. The Morgan fingerprint density at radius 1 is 0.671 bits per heavy atom. The van der Waals surface area contributed by atoms with Crippen LogP contribution in [0.2, 0.25) is 0 Å². The van der Waals surface area contributed by atoms with Crippen molar-refractivity contribution in [3.63, 3.8) is 0 Å². The smallest absolute Gasteiger partial charge is 0.338 e. The number of ether oxygens (including phenoxy) is 11. The molecule has 1 aromatic rings. The molecule has 7 saturated heterocycles. The Morgan fingerprint density at radius 3 is 2.24 bits per heavy atom. The van der Waals surface area contributed by atoms with Gasteiger partial charge in [0, 0.05) is 25.7 Å². The third-order valence-electron chi connectivity index (χ3n) is 17.1. The number of benzene rings is 1. The maximum absolute atomic E-state index is 12.5. The number of esters is 2. The van der Waals surface area contributed by atoms with Crippen molar-refractivity contribution in [2.24, 2.45) is 11.8 Å². The summed E-state index contributed by atoms with van der Waals surface area (Å²) in [7, 11) is 0. The molecule has 22 atom stereocenters. The lowest BCUT2D eigenvalue weighted by molar-refractivity contribution is -0.307. The predicted octanol–water partition coefficient (Wildman–Crippen LogP) is 7.38. The summed E-state index contributed by atoms with van der Waals surface area (Å²) in [5.74, 6) is -0.0977. The number of fused-ring (bicyclic) bond motifs is 9. The maximum Gasteiger partial charge on any atom is 0.338 e. The van der Waals surface area contributed by atoms with Crippen LogP contribution in [0.4, 0.5) is 0 Å². The second kappa shape index (κ2) is 20.2. The van der Waals surface area contributed by atoms with Crippen molar-refractivity contribution in [1.29, 1.82) is 0 Å². The van der Waals surface area contributed by atoms with Crippen molar-refractivity contribution in [2.75, 3.05) is 6.61 Å². The van der Waals surface area contributed by atoms with E-state index in [1.807, 2.05) is 6.07 Å². The number of rotatable bonds is 5. The van der Waals surface area contributed by atoms with Gasteiger partial charge in [0.25, 0.3) is 0 Å². The molecule has 1 aromatic carbocycles. The number of carbonyl (C=O) groups excluding carboxylic acids is 2. The van der Waals surface area contributed by atoms with Crippen molar-refractivity contribution < 1.29 is 66.8 Å². The lowest BCUT2D eigenvalue weighted by Gasteiger charge is -2.54. The summed E-state index contributed by atoms with van der Waals surface area (Å²) in [6.45, 7) is 13.0. The topological polar surface area (TPSA) is 156 Å². The first kappa shape index (κ1) is 49.0. The molecule has 0 bridgehead atoms. The van der Waals surface area contributed by atoms with Crippen molar-refractivity contribution in [3.8, 4) is 0 Å². The molecule has 382 valence electrons. The summed E-state index contributed by atoms with van der Waals surface area (Å²) < 4.78 is 73.9. The summed E-state index contributed by atoms with van der Waals surface area (Å²) >= 11 is 0. The molecule has 10 heterocycles. The van der Waals surface area contributed by atoms with Crippen molar-refractivity contribution in [2.45, 2.75) is 232 Å². The van der Waals surface area contributed by atoms with E-state index in [4.69, 9.17) is 52.1 Å². The first-order valence-corrected chi connectivity index (χ1v) is 26.4. The predicted molar refractivity (Wildman–Crippen MR) is 255 cm³/mol. The Hall–Kier alpha value is -3.28. The first-order valence-electron chi connectivity index (χ1n) is 26.4. The third-order valence-corrected chi connectivity index (χ3v) is 17.1. The SMILES string of the molecule is C=C(COC(=O)c1ccccc1)CC1CC(O)C2OC3CC4(C)OC5C=CCC6OC7C(C)CC8OC9(C)CC(C)CC%10OC(=O)CC%10OC9CC8OC7CC=CCC6OC5CC=CC4OC3CC2O1. The molecular weight excluding hydrogens is 897 g/mol. The van der Waals surface area contributed by atoms with Gasteiger partial charge in [-0.15, -0.1) is 0 Å². The minimum atomic E-state index is -0.734. The van der Waals surface area contributed by atoms with Crippen molar-refractivity contribution in [3.05, 3.63) is 84.5 Å². The largest absolute Gasteiger partial charge is 0.459 e. The van der Waals surface area contributed by atoms with Gasteiger partial charge in [-0.3, -0.25) is 4.79 Å². The third kappa shape index (κ3) is 10.2. The molecule has 14 heteroatoms. The van der Waals surface area contributed by atoms with Crippen molar-refractivity contribution >= 4 is 11.9 Å². The van der Waals surface area contributed by atoms with Gasteiger partial charge in [0.15, 0.2) is 0 Å². The molecule has 22 unspecified atom stereocenters. The van der Waals surface area contributed by atoms with Gasteiger partial charge in [-0.1, -0.05) is 75.1 Å². The van der Waals surface area contributed by atoms with Gasteiger partial charge < -0.3 is 57.2 Å². The van der Waals surface area contributed by atoms with Crippen LogP contribution in [0.15, 0.2) is 78.9 Å². The molecule has 7 fully saturated rings. The fourth-order valence-corrected chi connectivity index (χ4v) is 13.6. The molecule has 10 aliphatic rings. The summed E-state index contributed by atoms with van der Waals surface area (Å²) in [5, 5.41) is 11.5. The Morgan fingerprint density at radius 2 is 1.40 bits per heavy atom. The minimum absolute atomic E-state index is 0.0800. The summed E-state index contributed by atoms with van der Waals surface area (Å²) in [4.78, 5) is 24.9. The molecule has 10 aliphatic heterocycles. The molecule has 0 aliphatic carbocycles. The first-order chi connectivity index (χ1) is 33.8. The van der Waals surface area contributed by atoms with Gasteiger partial charge in [-0.2, -0.15) is 0 Å². The normalized spacial score (nSPS) is 47.8. The van der Waals surface area contributed by atoms with E-state index in [0.29, 0.717) is 62.8 Å². The van der Waals surface area contributed by atoms with E-state index in [1.54, 1.807) is 24.3 Å². The fraction of sp³-hybridized carbons (Fsp3) is 0.714. The molecule has 0 aromatic heterocycles. The standard InChI is InChI=1S/C56H74O14/c1-31-22-42-45(27-51(58)66-42)65-50-26-44-46(70-55(50,4)28-31)23-33(3)52-41(63-44)16-10-9-15-37-38(67-52)17-11-19-40-39(62-37)18-12-20-49-56(5,69-40)29-48-43(64-49)25-47-53(68-48)36(57)24-35(61-47)21-32(2)30-60-54(59)34-13-7-6-8-14-34/h6-14,19-20,31,33,35-50,52-53,57H,2,15-18,21-30H2,1,3-5H3. The van der Waals surface area contributed by atoms with Gasteiger partial charge in [0.05, 0.1) is 103 Å². The highest BCUT2D eigenvalue weighted by Crippen LogP contribution is 2.48. The maximum atomic E-state index is 12.5. The quantitative estimate of drug-likeness (QED) is 0.230. The van der Waals surface area contributed by atoms with Crippen LogP contribution in [0, 0.1) is 11.8 Å². The number of hydrogen-bond donors (Lipinski definition) is 1. The fourth-order valence-electron chi connectivity index (χ4n) is 13.6. The molecule has 11 rings (SSSR count). The number of aliphatic hydroxyl groups excluding tert-OH is 1. The van der Waals surface area contributed by atoms with Crippen molar-refractivity contribution in [1.82, 2.24) is 0 Å². The summed E-state index contributed by atoms with van der Waals surface area (Å²) in [6.07, 6.45) is 16.3. The Kier molecular flexibility index (Phi) is 14.1. The molecular formula is C56H74O14. The molecule has 0 saturated carbocycles.